The lowest BCUT2D eigenvalue weighted by Crippen LogP contribution is -1.96. The van der Waals surface area contributed by atoms with Crippen LogP contribution in [-0.2, 0) is 6.61 Å². The van der Waals surface area contributed by atoms with Crippen molar-refractivity contribution in [2.45, 2.75) is 13.5 Å². The Kier molecular flexibility index (Phi) is 3.83. The van der Waals surface area contributed by atoms with E-state index in [-0.39, 0.29) is 5.78 Å². The third-order valence-corrected chi connectivity index (χ3v) is 3.39. The molecule has 112 valence electrons. The van der Waals surface area contributed by atoms with Crippen molar-refractivity contribution < 1.29 is 18.7 Å². The normalized spacial score (nSPS) is 10.6. The number of ketones is 1. The summed E-state index contributed by atoms with van der Waals surface area (Å²) in [7, 11) is 1.58. The quantitative estimate of drug-likeness (QED) is 0.661. The second-order valence-corrected chi connectivity index (χ2v) is 4.98. The van der Waals surface area contributed by atoms with Gasteiger partial charge in [-0.05, 0) is 11.6 Å². The number of methoxy groups -OCH3 is 1. The van der Waals surface area contributed by atoms with E-state index >= 15 is 0 Å². The van der Waals surface area contributed by atoms with Gasteiger partial charge in [0.1, 0.15) is 23.7 Å². The van der Waals surface area contributed by atoms with Crippen molar-refractivity contribution in [1.82, 2.24) is 0 Å². The summed E-state index contributed by atoms with van der Waals surface area (Å²) in [4.78, 5) is 11.5. The summed E-state index contributed by atoms with van der Waals surface area (Å²) in [5.74, 6) is 1.45. The Morgan fingerprint density at radius 1 is 1.14 bits per heavy atom. The second kappa shape index (κ2) is 5.93. The highest BCUT2D eigenvalue weighted by molar-refractivity contribution is 5.98. The molecule has 0 spiro atoms. The maximum absolute atomic E-state index is 11.5. The van der Waals surface area contributed by atoms with Gasteiger partial charge in [-0.1, -0.05) is 30.3 Å². The molecular formula is C18H16O4. The number of benzene rings is 2. The lowest BCUT2D eigenvalue weighted by Gasteiger charge is -2.09. The first kappa shape index (κ1) is 14.2. The van der Waals surface area contributed by atoms with Gasteiger partial charge in [0.25, 0.3) is 0 Å². The van der Waals surface area contributed by atoms with E-state index in [9.17, 15) is 4.79 Å². The van der Waals surface area contributed by atoms with E-state index in [1.807, 2.05) is 30.3 Å². The van der Waals surface area contributed by atoms with E-state index in [0.29, 0.717) is 29.4 Å². The molecule has 0 N–H and O–H groups in total. The highest BCUT2D eigenvalue weighted by Crippen LogP contribution is 2.34. The third-order valence-electron chi connectivity index (χ3n) is 3.39. The Morgan fingerprint density at radius 2 is 1.91 bits per heavy atom. The fourth-order valence-electron chi connectivity index (χ4n) is 2.23. The van der Waals surface area contributed by atoms with Crippen LogP contribution in [0.25, 0.3) is 11.0 Å². The van der Waals surface area contributed by atoms with Gasteiger partial charge >= 0.3 is 0 Å². The number of hydrogen-bond donors (Lipinski definition) is 0. The van der Waals surface area contributed by atoms with Gasteiger partial charge in [-0.3, -0.25) is 4.79 Å². The molecule has 1 heterocycles. The van der Waals surface area contributed by atoms with Crippen LogP contribution in [0.15, 0.2) is 52.9 Å². The van der Waals surface area contributed by atoms with E-state index in [1.54, 1.807) is 25.3 Å². The Labute approximate surface area is 128 Å². The molecule has 3 rings (SSSR count). The average molecular weight is 296 g/mol. The number of hydrogen-bond acceptors (Lipinski definition) is 4. The number of Topliss-reactive ketones (excluding diaryl/α,β-unsaturated/α-hetero) is 1. The average Bonchev–Trinajstić information content (AvgIpc) is 2.97. The predicted molar refractivity (Wildman–Crippen MR) is 83.5 cm³/mol. The summed E-state index contributed by atoms with van der Waals surface area (Å²) in [5.41, 5.74) is 1.64. The molecular weight excluding hydrogens is 280 g/mol. The van der Waals surface area contributed by atoms with Crippen LogP contribution in [0.1, 0.15) is 23.0 Å². The van der Waals surface area contributed by atoms with Crippen LogP contribution in [0.4, 0.5) is 0 Å². The van der Waals surface area contributed by atoms with Crippen LogP contribution < -0.4 is 9.47 Å². The molecule has 4 heteroatoms. The molecule has 0 saturated heterocycles. The molecule has 0 aliphatic carbocycles. The van der Waals surface area contributed by atoms with Gasteiger partial charge < -0.3 is 13.9 Å². The van der Waals surface area contributed by atoms with Crippen LogP contribution in [0, 0.1) is 0 Å². The number of carbonyl (C=O) groups is 1. The lowest BCUT2D eigenvalue weighted by molar-refractivity contribution is 0.0989. The Morgan fingerprint density at radius 3 is 2.59 bits per heavy atom. The maximum Gasteiger partial charge on any atom is 0.194 e. The van der Waals surface area contributed by atoms with Gasteiger partial charge in [-0.15, -0.1) is 0 Å². The van der Waals surface area contributed by atoms with Crippen molar-refractivity contribution >= 4 is 16.8 Å². The smallest absolute Gasteiger partial charge is 0.194 e. The van der Waals surface area contributed by atoms with Crippen molar-refractivity contribution in [2.24, 2.45) is 0 Å². The van der Waals surface area contributed by atoms with Crippen molar-refractivity contribution in [3.63, 3.8) is 0 Å². The fraction of sp³-hybridized carbons (Fsp3) is 0.167. The van der Waals surface area contributed by atoms with Gasteiger partial charge in [0.2, 0.25) is 0 Å². The zero-order valence-electron chi connectivity index (χ0n) is 12.5. The van der Waals surface area contributed by atoms with E-state index in [4.69, 9.17) is 13.9 Å². The van der Waals surface area contributed by atoms with Crippen molar-refractivity contribution in [2.75, 3.05) is 7.11 Å². The molecule has 0 atom stereocenters. The van der Waals surface area contributed by atoms with Crippen LogP contribution in [0.3, 0.4) is 0 Å². The number of ether oxygens (including phenoxy) is 2. The number of fused-ring (bicyclic) bond motifs is 1. The Bertz CT molecular complexity index is 803. The molecule has 0 amide bonds. The van der Waals surface area contributed by atoms with Crippen LogP contribution in [0.5, 0.6) is 11.5 Å². The molecule has 0 fully saturated rings. The van der Waals surface area contributed by atoms with E-state index in [1.165, 1.54) is 6.92 Å². The summed E-state index contributed by atoms with van der Waals surface area (Å²) >= 11 is 0. The number of carbonyl (C=O) groups excluding carboxylic acids is 1. The Balaban J connectivity index is 1.97. The first-order valence-corrected chi connectivity index (χ1v) is 6.96. The highest BCUT2D eigenvalue weighted by atomic mass is 16.5. The summed E-state index contributed by atoms with van der Waals surface area (Å²) < 4.78 is 16.7. The standard InChI is InChI=1S/C18H16O4/c1-12(19)16-10-15-17(8-14(20-2)9-18(15)22-16)21-11-13-6-4-3-5-7-13/h3-10H,11H2,1-2H3. The summed E-state index contributed by atoms with van der Waals surface area (Å²) in [6, 6.07) is 15.1. The van der Waals surface area contributed by atoms with Gasteiger partial charge in [0.05, 0.1) is 12.5 Å². The molecule has 1 aromatic heterocycles. The summed E-state index contributed by atoms with van der Waals surface area (Å²) in [6.07, 6.45) is 0. The van der Waals surface area contributed by atoms with E-state index < -0.39 is 0 Å². The van der Waals surface area contributed by atoms with Crippen LogP contribution in [0.2, 0.25) is 0 Å². The van der Waals surface area contributed by atoms with Gasteiger partial charge in [0, 0.05) is 19.1 Å². The second-order valence-electron chi connectivity index (χ2n) is 4.98. The predicted octanol–water partition coefficient (Wildman–Crippen LogP) is 4.22. The molecule has 0 radical (unpaired) electrons. The van der Waals surface area contributed by atoms with Crippen LogP contribution >= 0.6 is 0 Å². The van der Waals surface area contributed by atoms with E-state index in [2.05, 4.69) is 0 Å². The highest BCUT2D eigenvalue weighted by Gasteiger charge is 2.14. The third kappa shape index (κ3) is 2.81. The minimum atomic E-state index is -0.121. The van der Waals surface area contributed by atoms with Gasteiger partial charge in [0.15, 0.2) is 11.5 Å². The topological polar surface area (TPSA) is 48.7 Å². The van der Waals surface area contributed by atoms with Crippen molar-refractivity contribution in [3.05, 3.63) is 59.9 Å². The molecule has 0 saturated carbocycles. The van der Waals surface area contributed by atoms with Gasteiger partial charge in [-0.2, -0.15) is 0 Å². The lowest BCUT2D eigenvalue weighted by atomic mass is 10.2. The van der Waals surface area contributed by atoms with Crippen molar-refractivity contribution in [3.8, 4) is 11.5 Å². The van der Waals surface area contributed by atoms with E-state index in [0.717, 1.165) is 10.9 Å². The van der Waals surface area contributed by atoms with Crippen LogP contribution in [-0.4, -0.2) is 12.9 Å². The molecule has 4 nitrogen and oxygen atoms in total. The summed E-state index contributed by atoms with van der Waals surface area (Å²) in [5, 5.41) is 0.766. The van der Waals surface area contributed by atoms with Gasteiger partial charge in [-0.25, -0.2) is 0 Å². The minimum Gasteiger partial charge on any atom is -0.496 e. The molecule has 0 unspecified atom stereocenters. The van der Waals surface area contributed by atoms with Crippen molar-refractivity contribution in [1.29, 1.82) is 0 Å². The Hall–Kier alpha value is -2.75. The molecule has 0 aliphatic rings. The maximum atomic E-state index is 11.5. The SMILES string of the molecule is COc1cc(OCc2ccccc2)c2cc(C(C)=O)oc2c1. The largest absolute Gasteiger partial charge is 0.496 e. The monoisotopic (exact) mass is 296 g/mol. The molecule has 0 bridgehead atoms. The first-order chi connectivity index (χ1) is 10.7. The molecule has 22 heavy (non-hydrogen) atoms. The molecule has 3 aromatic rings. The first-order valence-electron chi connectivity index (χ1n) is 6.96. The summed E-state index contributed by atoms with van der Waals surface area (Å²) in [6.45, 7) is 1.91. The fourth-order valence-corrected chi connectivity index (χ4v) is 2.23. The number of rotatable bonds is 5. The zero-order valence-corrected chi connectivity index (χ0v) is 12.5. The zero-order chi connectivity index (χ0) is 15.5. The molecule has 2 aromatic carbocycles. The molecule has 0 aliphatic heterocycles. The minimum absolute atomic E-state index is 0.121. The number of furan rings is 1.